The fourth-order valence-corrected chi connectivity index (χ4v) is 6.45. The molecule has 3 aliphatic rings. The van der Waals surface area contributed by atoms with Crippen LogP contribution in [-0.4, -0.2) is 43.5 Å². The summed E-state index contributed by atoms with van der Waals surface area (Å²) < 4.78 is 0. The second-order valence-electron chi connectivity index (χ2n) is 10.8. The van der Waals surface area contributed by atoms with E-state index >= 15 is 0 Å². The fourth-order valence-electron chi connectivity index (χ4n) is 6.45. The van der Waals surface area contributed by atoms with Gasteiger partial charge in [0.2, 0.25) is 5.78 Å². The normalized spacial score (nSPS) is 23.5. The molecule has 9 nitrogen and oxygen atoms in total. The van der Waals surface area contributed by atoms with E-state index < -0.39 is 52.0 Å². The lowest BCUT2D eigenvalue weighted by Gasteiger charge is -2.45. The summed E-state index contributed by atoms with van der Waals surface area (Å²) in [5.41, 5.74) is 5.93. The van der Waals surface area contributed by atoms with E-state index in [1.54, 1.807) is 6.07 Å². The maximum atomic E-state index is 13.8. The lowest BCUT2D eigenvalue weighted by molar-refractivity contribution is -0.144. The lowest BCUT2D eigenvalue weighted by Crippen LogP contribution is -2.57. The molecule has 0 spiro atoms. The van der Waals surface area contributed by atoms with Crippen molar-refractivity contribution >= 4 is 23.2 Å². The highest BCUT2D eigenvalue weighted by molar-refractivity contribution is 6.24. The number of ketones is 2. The van der Waals surface area contributed by atoms with E-state index in [0.717, 1.165) is 22.4 Å². The van der Waals surface area contributed by atoms with Gasteiger partial charge in [-0.1, -0.05) is 48.5 Å². The van der Waals surface area contributed by atoms with E-state index in [9.17, 15) is 34.8 Å². The van der Waals surface area contributed by atoms with Gasteiger partial charge in [0.15, 0.2) is 11.4 Å². The van der Waals surface area contributed by atoms with Gasteiger partial charge in [-0.25, -0.2) is 0 Å². The second-order valence-corrected chi connectivity index (χ2v) is 10.8. The first-order valence-electron chi connectivity index (χ1n) is 13.3. The van der Waals surface area contributed by atoms with Gasteiger partial charge in [-0.3, -0.25) is 14.4 Å². The first kappa shape index (κ1) is 26.3. The van der Waals surface area contributed by atoms with Crippen molar-refractivity contribution in [2.75, 3.05) is 5.32 Å². The SMILES string of the molecule is NC(=O)C1=C(O)C[C@@H]2C[C@@H]3Cc4c(-c5ccc(CNc6ccccc6)cc5)ccc(O)c4C(=O)C3=C(O)[C@]2(O)C1=O. The number of fused-ring (bicyclic) bond motifs is 3. The second kappa shape index (κ2) is 9.64. The van der Waals surface area contributed by atoms with E-state index in [1.807, 2.05) is 54.6 Å². The van der Waals surface area contributed by atoms with E-state index in [4.69, 9.17) is 5.73 Å². The number of hydrogen-bond donors (Lipinski definition) is 6. The standard InChI is InChI=1S/C32H28N2O7/c33-31(40)27-24(36)14-19-12-18-13-22-21(17-8-6-16(7-9-17)15-34-20-4-2-1-3-5-20)10-11-23(35)26(22)28(37)25(18)29(38)32(19,41)30(27)39/h1-11,18-19,34-36,38,41H,12-15H2,(H2,33,40)/t18-,19+,32+/m1/s1. The third-order valence-electron chi connectivity index (χ3n) is 8.48. The number of Topliss-reactive ketones (excluding diaryl/α,β-unsaturated/α-hetero) is 2. The first-order chi connectivity index (χ1) is 19.6. The van der Waals surface area contributed by atoms with Crippen LogP contribution in [0.25, 0.3) is 11.1 Å². The number of carbonyl (C=O) groups is 3. The summed E-state index contributed by atoms with van der Waals surface area (Å²) in [7, 11) is 0. The number of benzene rings is 3. The van der Waals surface area contributed by atoms with E-state index in [1.165, 1.54) is 6.07 Å². The molecule has 0 radical (unpaired) electrons. The molecule has 0 aliphatic heterocycles. The van der Waals surface area contributed by atoms with Gasteiger partial charge in [-0.15, -0.1) is 0 Å². The van der Waals surface area contributed by atoms with Crippen molar-refractivity contribution in [3.63, 3.8) is 0 Å². The Morgan fingerprint density at radius 2 is 1.66 bits per heavy atom. The average molecular weight is 553 g/mol. The molecule has 41 heavy (non-hydrogen) atoms. The van der Waals surface area contributed by atoms with Crippen molar-refractivity contribution in [1.82, 2.24) is 0 Å². The molecule has 0 bridgehead atoms. The number of allylic oxidation sites excluding steroid dienone is 2. The molecule has 6 rings (SSSR count). The van der Waals surface area contributed by atoms with Gasteiger partial charge >= 0.3 is 0 Å². The van der Waals surface area contributed by atoms with Crippen LogP contribution in [-0.2, 0) is 22.6 Å². The molecular weight excluding hydrogens is 524 g/mol. The summed E-state index contributed by atoms with van der Waals surface area (Å²) in [6.07, 6.45) is 0.0678. The molecule has 3 atom stereocenters. The summed E-state index contributed by atoms with van der Waals surface area (Å²) >= 11 is 0. The van der Waals surface area contributed by atoms with Crippen molar-refractivity contribution in [2.24, 2.45) is 17.6 Å². The molecule has 0 saturated carbocycles. The van der Waals surface area contributed by atoms with Crippen LogP contribution in [0, 0.1) is 11.8 Å². The maximum absolute atomic E-state index is 13.8. The number of rotatable bonds is 5. The monoisotopic (exact) mass is 552 g/mol. The Labute approximate surface area is 235 Å². The third kappa shape index (κ3) is 4.08. The van der Waals surface area contributed by atoms with Gasteiger partial charge in [-0.2, -0.15) is 0 Å². The number of amides is 1. The summed E-state index contributed by atoms with van der Waals surface area (Å²) in [5, 5.41) is 47.0. The van der Waals surface area contributed by atoms with Crippen molar-refractivity contribution in [3.8, 4) is 16.9 Å². The molecule has 9 heteroatoms. The Hall–Kier alpha value is -4.89. The zero-order chi connectivity index (χ0) is 29.1. The molecule has 208 valence electrons. The number of para-hydroxylation sites is 1. The Bertz CT molecular complexity index is 1670. The van der Waals surface area contributed by atoms with Crippen molar-refractivity contribution in [1.29, 1.82) is 0 Å². The van der Waals surface area contributed by atoms with Gasteiger partial charge in [-0.05, 0) is 59.2 Å². The van der Waals surface area contributed by atoms with Gasteiger partial charge in [0.1, 0.15) is 22.8 Å². The number of nitrogens with one attached hydrogen (secondary N) is 1. The number of aliphatic hydroxyl groups is 3. The number of phenolic OH excluding ortho intramolecular Hbond substituents is 1. The molecule has 7 N–H and O–H groups in total. The minimum atomic E-state index is -2.58. The Morgan fingerprint density at radius 3 is 2.34 bits per heavy atom. The van der Waals surface area contributed by atoms with Crippen molar-refractivity contribution in [3.05, 3.63) is 106 Å². The fraction of sp³-hybridized carbons (Fsp3) is 0.219. The largest absolute Gasteiger partial charge is 0.511 e. The van der Waals surface area contributed by atoms with Crippen molar-refractivity contribution in [2.45, 2.75) is 31.4 Å². The molecule has 0 unspecified atom stereocenters. The molecule has 3 aromatic rings. The smallest absolute Gasteiger partial charge is 0.255 e. The highest BCUT2D eigenvalue weighted by atomic mass is 16.3. The number of hydrogen-bond acceptors (Lipinski definition) is 8. The number of phenols is 1. The zero-order valence-electron chi connectivity index (χ0n) is 21.9. The Morgan fingerprint density at radius 1 is 0.951 bits per heavy atom. The zero-order valence-corrected chi connectivity index (χ0v) is 21.9. The maximum Gasteiger partial charge on any atom is 0.255 e. The molecular formula is C32H28N2O7. The third-order valence-corrected chi connectivity index (χ3v) is 8.48. The topological polar surface area (TPSA) is 170 Å². The van der Waals surface area contributed by atoms with Crippen LogP contribution in [0.1, 0.15) is 34.3 Å². The first-order valence-corrected chi connectivity index (χ1v) is 13.3. The Kier molecular flexibility index (Phi) is 6.19. The molecule has 0 saturated heterocycles. The average Bonchev–Trinajstić information content (AvgIpc) is 2.95. The number of anilines is 1. The predicted molar refractivity (Wildman–Crippen MR) is 150 cm³/mol. The summed E-state index contributed by atoms with van der Waals surface area (Å²) in [6, 6.07) is 20.8. The molecule has 3 aromatic carbocycles. The highest BCUT2D eigenvalue weighted by Crippen LogP contribution is 2.52. The minimum absolute atomic E-state index is 0.00561. The molecule has 3 aliphatic carbocycles. The molecule has 1 amide bonds. The predicted octanol–water partition coefficient (Wildman–Crippen LogP) is 3.86. The number of aliphatic hydroxyl groups excluding tert-OH is 2. The van der Waals surface area contributed by atoms with E-state index in [2.05, 4.69) is 5.32 Å². The minimum Gasteiger partial charge on any atom is -0.511 e. The molecule has 0 aromatic heterocycles. The summed E-state index contributed by atoms with van der Waals surface area (Å²) in [5.74, 6) is -6.41. The molecule has 0 fully saturated rings. The van der Waals surface area contributed by atoms with Crippen LogP contribution in [0.2, 0.25) is 0 Å². The lowest BCUT2D eigenvalue weighted by atomic mass is 9.60. The summed E-state index contributed by atoms with van der Waals surface area (Å²) in [6.45, 7) is 0.619. The van der Waals surface area contributed by atoms with Crippen LogP contribution in [0.3, 0.4) is 0 Å². The van der Waals surface area contributed by atoms with Crippen LogP contribution in [0.5, 0.6) is 5.75 Å². The van der Waals surface area contributed by atoms with E-state index in [-0.39, 0.29) is 36.1 Å². The van der Waals surface area contributed by atoms with Crippen LogP contribution >= 0.6 is 0 Å². The van der Waals surface area contributed by atoms with Gasteiger partial charge in [0.05, 0.1) is 5.56 Å². The highest BCUT2D eigenvalue weighted by Gasteiger charge is 2.59. The van der Waals surface area contributed by atoms with Crippen LogP contribution in [0.15, 0.2) is 89.4 Å². The summed E-state index contributed by atoms with van der Waals surface area (Å²) in [4.78, 5) is 38.7. The Balaban J connectivity index is 1.36. The number of primary amides is 1. The van der Waals surface area contributed by atoms with Gasteiger partial charge in [0.25, 0.3) is 5.91 Å². The number of nitrogens with two attached hydrogens (primary N) is 1. The quantitative estimate of drug-likeness (QED) is 0.259. The van der Waals surface area contributed by atoms with Gasteiger partial charge < -0.3 is 31.5 Å². The number of carbonyl (C=O) groups excluding carboxylic acids is 3. The van der Waals surface area contributed by atoms with Crippen LogP contribution < -0.4 is 11.1 Å². The number of aromatic hydroxyl groups is 1. The van der Waals surface area contributed by atoms with E-state index in [0.29, 0.717) is 12.1 Å². The van der Waals surface area contributed by atoms with Gasteiger partial charge in [0, 0.05) is 30.1 Å². The van der Waals surface area contributed by atoms with Crippen molar-refractivity contribution < 1.29 is 34.8 Å². The van der Waals surface area contributed by atoms with Crippen LogP contribution in [0.4, 0.5) is 5.69 Å². The molecule has 0 heterocycles.